The van der Waals surface area contributed by atoms with E-state index in [0.717, 1.165) is 0 Å². The van der Waals surface area contributed by atoms with E-state index >= 15 is 0 Å². The summed E-state index contributed by atoms with van der Waals surface area (Å²) in [5.74, 6) is 0. The number of hydrogen-bond acceptors (Lipinski definition) is 3. The fraction of sp³-hybridized carbons (Fsp3) is 1.00. The standard InChI is InChI=1S/C2H3NO2/c4-3-2-1-5-2/h2H,1H2. The number of epoxide rings is 1. The van der Waals surface area contributed by atoms with Crippen LogP contribution in [0.2, 0.25) is 0 Å². The van der Waals surface area contributed by atoms with Crippen LogP contribution in [0.15, 0.2) is 5.18 Å². The zero-order valence-electron chi connectivity index (χ0n) is 2.55. The molecular formula is C2H3NO2. The highest BCUT2D eigenvalue weighted by molar-refractivity contribution is 4.62. The molecule has 0 bridgehead atoms. The third-order valence-corrected chi connectivity index (χ3v) is 0.433. The highest BCUT2D eigenvalue weighted by Crippen LogP contribution is 2.07. The van der Waals surface area contributed by atoms with Crippen molar-refractivity contribution in [1.29, 1.82) is 0 Å². The predicted octanol–water partition coefficient (Wildman–Crippen LogP) is 0.109. The monoisotopic (exact) mass is 73.0 g/mol. The Kier molecular flexibility index (Phi) is 0.420. The third kappa shape index (κ3) is 0.417. The minimum Gasteiger partial charge on any atom is -0.346 e. The second-order valence-electron chi connectivity index (χ2n) is 0.893. The van der Waals surface area contributed by atoms with E-state index in [9.17, 15) is 4.91 Å². The summed E-state index contributed by atoms with van der Waals surface area (Å²) in [4.78, 5) is 9.19. The molecule has 0 aromatic carbocycles. The number of hydrogen-bond donors (Lipinski definition) is 0. The van der Waals surface area contributed by atoms with Crippen molar-refractivity contribution in [2.24, 2.45) is 5.18 Å². The van der Waals surface area contributed by atoms with Crippen LogP contribution in [0.4, 0.5) is 0 Å². The summed E-state index contributed by atoms with van der Waals surface area (Å²) in [6.45, 7) is 0.531. The van der Waals surface area contributed by atoms with Crippen molar-refractivity contribution in [3.8, 4) is 0 Å². The number of nitroso groups, excluding NO2 is 1. The van der Waals surface area contributed by atoms with Crippen LogP contribution >= 0.6 is 0 Å². The van der Waals surface area contributed by atoms with E-state index in [-0.39, 0.29) is 6.23 Å². The first-order valence-electron chi connectivity index (χ1n) is 1.37. The lowest BCUT2D eigenvalue weighted by Crippen LogP contribution is -1.65. The van der Waals surface area contributed by atoms with Crippen LogP contribution in [0.3, 0.4) is 0 Å². The Morgan fingerprint density at radius 3 is 2.60 bits per heavy atom. The molecule has 3 nitrogen and oxygen atoms in total. The van der Waals surface area contributed by atoms with Gasteiger partial charge in [-0.2, -0.15) is 0 Å². The lowest BCUT2D eigenvalue weighted by Gasteiger charge is -1.54. The summed E-state index contributed by atoms with van der Waals surface area (Å²) in [5.41, 5.74) is 0. The topological polar surface area (TPSA) is 42.0 Å². The van der Waals surface area contributed by atoms with Crippen molar-refractivity contribution in [3.63, 3.8) is 0 Å². The molecule has 0 aromatic heterocycles. The molecule has 1 aliphatic heterocycles. The predicted molar refractivity (Wildman–Crippen MR) is 15.5 cm³/mol. The van der Waals surface area contributed by atoms with E-state index in [0.29, 0.717) is 6.61 Å². The lowest BCUT2D eigenvalue weighted by molar-refractivity contribution is 0.414. The van der Waals surface area contributed by atoms with E-state index in [2.05, 4.69) is 9.91 Å². The Hall–Kier alpha value is -0.440. The number of rotatable bonds is 1. The largest absolute Gasteiger partial charge is 0.346 e. The van der Waals surface area contributed by atoms with Crippen LogP contribution in [0.25, 0.3) is 0 Å². The van der Waals surface area contributed by atoms with Gasteiger partial charge >= 0.3 is 0 Å². The highest BCUT2D eigenvalue weighted by Gasteiger charge is 2.22. The van der Waals surface area contributed by atoms with Gasteiger partial charge < -0.3 is 4.74 Å². The van der Waals surface area contributed by atoms with E-state index < -0.39 is 0 Å². The quantitative estimate of drug-likeness (QED) is 0.326. The molecule has 0 aromatic rings. The summed E-state index contributed by atoms with van der Waals surface area (Å²) >= 11 is 0. The Morgan fingerprint density at radius 2 is 2.60 bits per heavy atom. The van der Waals surface area contributed by atoms with Gasteiger partial charge in [-0.3, -0.25) is 0 Å². The molecule has 0 radical (unpaired) electrons. The molecule has 1 saturated heterocycles. The van der Waals surface area contributed by atoms with Gasteiger partial charge in [-0.15, -0.1) is 4.91 Å². The fourth-order valence-electron chi connectivity index (χ4n) is 0.104. The molecular weight excluding hydrogens is 70.0 g/mol. The highest BCUT2D eigenvalue weighted by atomic mass is 16.6. The Labute approximate surface area is 28.9 Å². The summed E-state index contributed by atoms with van der Waals surface area (Å²) < 4.78 is 4.38. The van der Waals surface area contributed by atoms with Crippen LogP contribution in [0.1, 0.15) is 0 Å². The minimum absolute atomic E-state index is 0.296. The van der Waals surface area contributed by atoms with Gasteiger partial charge in [0.15, 0.2) is 0 Å². The van der Waals surface area contributed by atoms with Crippen molar-refractivity contribution >= 4 is 0 Å². The molecule has 28 valence electrons. The zero-order valence-corrected chi connectivity index (χ0v) is 2.55. The van der Waals surface area contributed by atoms with Gasteiger partial charge in [-0.25, -0.2) is 0 Å². The fourth-order valence-corrected chi connectivity index (χ4v) is 0.104. The Bertz CT molecular complexity index is 49.6. The van der Waals surface area contributed by atoms with Crippen LogP contribution in [-0.2, 0) is 4.74 Å². The van der Waals surface area contributed by atoms with Crippen LogP contribution in [0, 0.1) is 4.91 Å². The van der Waals surface area contributed by atoms with Crippen molar-refractivity contribution in [2.75, 3.05) is 6.61 Å². The molecule has 0 N–H and O–H groups in total. The van der Waals surface area contributed by atoms with Gasteiger partial charge in [0.25, 0.3) is 0 Å². The average molecular weight is 73.1 g/mol. The maximum atomic E-state index is 9.19. The molecule has 0 saturated carbocycles. The summed E-state index contributed by atoms with van der Waals surface area (Å²) in [7, 11) is 0. The molecule has 1 heterocycles. The van der Waals surface area contributed by atoms with Gasteiger partial charge in [-0.05, 0) is 5.18 Å². The SMILES string of the molecule is O=NC1CO1. The molecule has 0 aliphatic carbocycles. The van der Waals surface area contributed by atoms with Crippen molar-refractivity contribution in [2.45, 2.75) is 6.23 Å². The van der Waals surface area contributed by atoms with Crippen LogP contribution < -0.4 is 0 Å². The molecule has 1 atom stereocenters. The van der Waals surface area contributed by atoms with E-state index in [4.69, 9.17) is 0 Å². The van der Waals surface area contributed by atoms with Crippen LogP contribution in [-0.4, -0.2) is 12.8 Å². The molecule has 3 heteroatoms. The second kappa shape index (κ2) is 0.755. The number of ether oxygens (including phenoxy) is 1. The van der Waals surface area contributed by atoms with E-state index in [1.54, 1.807) is 0 Å². The average Bonchev–Trinajstić information content (AvgIpc) is 2.12. The molecule has 5 heavy (non-hydrogen) atoms. The van der Waals surface area contributed by atoms with Gasteiger partial charge in [0, 0.05) is 0 Å². The molecule has 1 aliphatic rings. The first-order chi connectivity index (χ1) is 2.43. The first kappa shape index (κ1) is 2.78. The van der Waals surface area contributed by atoms with Gasteiger partial charge in [0.2, 0.25) is 6.23 Å². The van der Waals surface area contributed by atoms with Gasteiger partial charge in [0.1, 0.15) is 0 Å². The molecule has 1 fully saturated rings. The van der Waals surface area contributed by atoms with E-state index in [1.807, 2.05) is 0 Å². The van der Waals surface area contributed by atoms with Crippen molar-refractivity contribution < 1.29 is 4.74 Å². The molecule has 1 unspecified atom stereocenters. The van der Waals surface area contributed by atoms with E-state index in [1.165, 1.54) is 0 Å². The Balaban J connectivity index is 2.21. The molecule has 0 spiro atoms. The summed E-state index contributed by atoms with van der Waals surface area (Å²) in [6, 6.07) is 0. The molecule has 0 amide bonds. The van der Waals surface area contributed by atoms with Crippen LogP contribution in [0.5, 0.6) is 0 Å². The first-order valence-corrected chi connectivity index (χ1v) is 1.37. The number of nitrogens with zero attached hydrogens (tertiary/aromatic N) is 1. The van der Waals surface area contributed by atoms with Gasteiger partial charge in [0.05, 0.1) is 6.61 Å². The smallest absolute Gasteiger partial charge is 0.213 e. The van der Waals surface area contributed by atoms with Gasteiger partial charge in [-0.1, -0.05) is 0 Å². The Morgan fingerprint density at radius 1 is 2.00 bits per heavy atom. The summed E-state index contributed by atoms with van der Waals surface area (Å²) in [6.07, 6.45) is -0.296. The lowest BCUT2D eigenvalue weighted by atomic mass is 10.8. The third-order valence-electron chi connectivity index (χ3n) is 0.433. The van der Waals surface area contributed by atoms with Crippen molar-refractivity contribution in [3.05, 3.63) is 4.91 Å². The maximum absolute atomic E-state index is 9.19. The molecule has 1 rings (SSSR count). The zero-order chi connectivity index (χ0) is 3.70. The maximum Gasteiger partial charge on any atom is 0.213 e. The normalized spacial score (nSPS) is 33.2. The summed E-state index contributed by atoms with van der Waals surface area (Å²) in [5, 5.41) is 2.53. The second-order valence-corrected chi connectivity index (χ2v) is 0.893. The minimum atomic E-state index is -0.296. The van der Waals surface area contributed by atoms with Crippen molar-refractivity contribution in [1.82, 2.24) is 0 Å².